The van der Waals surface area contributed by atoms with Crippen LogP contribution in [0.4, 0.5) is 16.2 Å². The van der Waals surface area contributed by atoms with Crippen LogP contribution in [0, 0.1) is 0 Å². The van der Waals surface area contributed by atoms with E-state index in [2.05, 4.69) is 29.5 Å². The number of benzene rings is 2. The zero-order chi connectivity index (χ0) is 24.9. The number of carboxylic acids is 1. The predicted octanol–water partition coefficient (Wildman–Crippen LogP) is 5.21. The van der Waals surface area contributed by atoms with Gasteiger partial charge in [-0.05, 0) is 71.8 Å². The highest BCUT2D eigenvalue weighted by molar-refractivity contribution is 5.99. The van der Waals surface area contributed by atoms with Gasteiger partial charge in [-0.25, -0.2) is 14.6 Å². The fourth-order valence-electron chi connectivity index (χ4n) is 4.13. The highest BCUT2D eigenvalue weighted by Crippen LogP contribution is 2.24. The molecule has 1 saturated heterocycles. The van der Waals surface area contributed by atoms with E-state index in [9.17, 15) is 14.4 Å². The number of rotatable bonds is 6. The first-order valence-corrected chi connectivity index (χ1v) is 11.6. The Hall–Kier alpha value is -4.20. The van der Waals surface area contributed by atoms with Gasteiger partial charge in [-0.15, -0.1) is 0 Å². The molecule has 2 heterocycles. The van der Waals surface area contributed by atoms with Crippen LogP contribution in [0.5, 0.6) is 0 Å². The summed E-state index contributed by atoms with van der Waals surface area (Å²) in [7, 11) is 0. The predicted molar refractivity (Wildman–Crippen MR) is 135 cm³/mol. The maximum Gasteiger partial charge on any atom is 0.354 e. The molecule has 8 nitrogen and oxygen atoms in total. The fraction of sp³-hybridized carbons (Fsp3) is 0.259. The van der Waals surface area contributed by atoms with Crippen molar-refractivity contribution in [3.8, 4) is 11.1 Å². The van der Waals surface area contributed by atoms with E-state index in [4.69, 9.17) is 5.11 Å². The number of hydrogen-bond acceptors (Lipinski definition) is 4. The largest absolute Gasteiger partial charge is 0.477 e. The van der Waals surface area contributed by atoms with Gasteiger partial charge in [-0.1, -0.05) is 38.1 Å². The van der Waals surface area contributed by atoms with E-state index in [-0.39, 0.29) is 17.6 Å². The van der Waals surface area contributed by atoms with Gasteiger partial charge < -0.3 is 20.6 Å². The van der Waals surface area contributed by atoms with Gasteiger partial charge in [0.2, 0.25) is 5.91 Å². The number of urea groups is 1. The molecule has 3 aromatic rings. The molecule has 1 fully saturated rings. The van der Waals surface area contributed by atoms with E-state index in [1.807, 2.05) is 24.3 Å². The number of aromatic carboxylic acids is 1. The number of anilines is 2. The van der Waals surface area contributed by atoms with Crippen molar-refractivity contribution in [3.63, 3.8) is 0 Å². The smallest absolute Gasteiger partial charge is 0.354 e. The highest BCUT2D eigenvalue weighted by atomic mass is 16.4. The number of hydrogen-bond donors (Lipinski definition) is 3. The minimum atomic E-state index is -1.09. The summed E-state index contributed by atoms with van der Waals surface area (Å²) in [5.74, 6) is -0.918. The van der Waals surface area contributed by atoms with E-state index < -0.39 is 12.0 Å². The molecule has 2 aromatic carbocycles. The van der Waals surface area contributed by atoms with Crippen LogP contribution in [0.3, 0.4) is 0 Å². The van der Waals surface area contributed by atoms with Crippen LogP contribution in [0.15, 0.2) is 66.9 Å². The van der Waals surface area contributed by atoms with Gasteiger partial charge in [0.05, 0.1) is 0 Å². The van der Waals surface area contributed by atoms with Crippen molar-refractivity contribution in [1.29, 1.82) is 0 Å². The summed E-state index contributed by atoms with van der Waals surface area (Å²) < 4.78 is 0. The van der Waals surface area contributed by atoms with E-state index in [1.54, 1.807) is 35.2 Å². The van der Waals surface area contributed by atoms with Crippen molar-refractivity contribution in [2.45, 2.75) is 38.6 Å². The van der Waals surface area contributed by atoms with Crippen molar-refractivity contribution in [2.24, 2.45) is 0 Å². The monoisotopic (exact) mass is 472 g/mol. The molecular weight excluding hydrogens is 444 g/mol. The van der Waals surface area contributed by atoms with E-state index in [0.29, 0.717) is 30.3 Å². The van der Waals surface area contributed by atoms with Gasteiger partial charge in [0, 0.05) is 24.1 Å². The van der Waals surface area contributed by atoms with Gasteiger partial charge in [0.15, 0.2) is 0 Å². The van der Waals surface area contributed by atoms with Crippen LogP contribution < -0.4 is 10.6 Å². The van der Waals surface area contributed by atoms with Gasteiger partial charge in [0.1, 0.15) is 11.7 Å². The number of aromatic nitrogens is 1. The highest BCUT2D eigenvalue weighted by Gasteiger charge is 2.34. The van der Waals surface area contributed by atoms with Gasteiger partial charge in [0.25, 0.3) is 0 Å². The number of carbonyl (C=O) groups excluding carboxylic acids is 2. The Bertz CT molecular complexity index is 1220. The summed E-state index contributed by atoms with van der Waals surface area (Å²) in [6, 6.07) is 17.2. The van der Waals surface area contributed by atoms with E-state index >= 15 is 0 Å². The van der Waals surface area contributed by atoms with Crippen LogP contribution in [-0.2, 0) is 4.79 Å². The minimum Gasteiger partial charge on any atom is -0.477 e. The Morgan fingerprint density at radius 1 is 0.943 bits per heavy atom. The van der Waals surface area contributed by atoms with Crippen LogP contribution in [0.1, 0.15) is 48.7 Å². The number of nitrogens with one attached hydrogen (secondary N) is 2. The molecule has 0 aliphatic carbocycles. The van der Waals surface area contributed by atoms with Crippen LogP contribution in [0.2, 0.25) is 0 Å². The Morgan fingerprint density at radius 3 is 2.26 bits per heavy atom. The second-order valence-corrected chi connectivity index (χ2v) is 8.86. The molecule has 180 valence electrons. The van der Waals surface area contributed by atoms with E-state index in [0.717, 1.165) is 17.5 Å². The summed E-state index contributed by atoms with van der Waals surface area (Å²) in [6.45, 7) is 4.74. The molecule has 4 rings (SSSR count). The van der Waals surface area contributed by atoms with Crippen molar-refractivity contribution < 1.29 is 19.5 Å². The summed E-state index contributed by atoms with van der Waals surface area (Å²) in [4.78, 5) is 42.4. The molecular formula is C27H28N4O4. The third kappa shape index (κ3) is 5.66. The lowest BCUT2D eigenvalue weighted by Crippen LogP contribution is -2.45. The van der Waals surface area contributed by atoms with Gasteiger partial charge in [-0.3, -0.25) is 4.79 Å². The molecule has 0 saturated carbocycles. The molecule has 35 heavy (non-hydrogen) atoms. The first-order chi connectivity index (χ1) is 16.8. The molecule has 1 aliphatic heterocycles. The molecule has 8 heteroatoms. The van der Waals surface area contributed by atoms with Crippen molar-refractivity contribution in [1.82, 2.24) is 9.88 Å². The van der Waals surface area contributed by atoms with Crippen molar-refractivity contribution in [2.75, 3.05) is 17.2 Å². The zero-order valence-electron chi connectivity index (χ0n) is 19.7. The fourth-order valence-corrected chi connectivity index (χ4v) is 4.13. The maximum atomic E-state index is 13.0. The average Bonchev–Trinajstić information content (AvgIpc) is 3.35. The standard InChI is InChI=1S/C27H28N4O4/c1-17(2)18-5-9-22(10-6-18)30-27(35)31-15-3-4-24(31)25(32)29-21-11-7-19(8-12-21)20-13-14-28-23(16-20)26(33)34/h5-14,16-17,24H,3-4,15H2,1-2H3,(H,29,32)(H,30,35)(H,33,34). The molecule has 1 unspecified atom stereocenters. The third-order valence-electron chi connectivity index (χ3n) is 6.11. The molecule has 0 radical (unpaired) electrons. The Morgan fingerprint density at radius 2 is 1.60 bits per heavy atom. The molecule has 0 bridgehead atoms. The average molecular weight is 473 g/mol. The zero-order valence-corrected chi connectivity index (χ0v) is 19.7. The summed E-state index contributed by atoms with van der Waals surface area (Å²) in [5.41, 5.74) is 3.98. The molecule has 1 atom stereocenters. The molecule has 0 spiro atoms. The molecule has 3 N–H and O–H groups in total. The van der Waals surface area contributed by atoms with Gasteiger partial charge in [-0.2, -0.15) is 0 Å². The number of likely N-dealkylation sites (tertiary alicyclic amines) is 1. The topological polar surface area (TPSA) is 112 Å². The maximum absolute atomic E-state index is 13.0. The lowest BCUT2D eigenvalue weighted by atomic mass is 10.0. The second-order valence-electron chi connectivity index (χ2n) is 8.86. The number of carboxylic acid groups (broad SMARTS) is 1. The van der Waals surface area contributed by atoms with Crippen molar-refractivity contribution in [3.05, 3.63) is 78.1 Å². The van der Waals surface area contributed by atoms with E-state index in [1.165, 1.54) is 17.8 Å². The molecule has 3 amide bonds. The SMILES string of the molecule is CC(C)c1ccc(NC(=O)N2CCCC2C(=O)Nc2ccc(-c3ccnc(C(=O)O)c3)cc2)cc1. The first kappa shape index (κ1) is 23.9. The number of amides is 3. The quantitative estimate of drug-likeness (QED) is 0.456. The lowest BCUT2D eigenvalue weighted by molar-refractivity contribution is -0.119. The van der Waals surface area contributed by atoms with Crippen LogP contribution >= 0.6 is 0 Å². The van der Waals surface area contributed by atoms with Crippen molar-refractivity contribution >= 4 is 29.3 Å². The van der Waals surface area contributed by atoms with Gasteiger partial charge >= 0.3 is 12.0 Å². The number of carbonyl (C=O) groups is 3. The Kier molecular flexibility index (Phi) is 7.10. The normalized spacial score (nSPS) is 15.2. The molecule has 1 aromatic heterocycles. The lowest BCUT2D eigenvalue weighted by Gasteiger charge is -2.24. The Labute approximate surface area is 204 Å². The summed E-state index contributed by atoms with van der Waals surface area (Å²) in [6.07, 6.45) is 2.80. The summed E-state index contributed by atoms with van der Waals surface area (Å²) in [5, 5.41) is 14.9. The minimum absolute atomic E-state index is 0.0321. The van der Waals surface area contributed by atoms with Crippen LogP contribution in [-0.4, -0.2) is 45.5 Å². The second kappa shape index (κ2) is 10.4. The first-order valence-electron chi connectivity index (χ1n) is 11.6. The Balaban J connectivity index is 1.39. The van der Waals surface area contributed by atoms with Crippen LogP contribution in [0.25, 0.3) is 11.1 Å². The number of nitrogens with zero attached hydrogens (tertiary/aromatic N) is 2. The molecule has 1 aliphatic rings. The number of pyridine rings is 1. The third-order valence-corrected chi connectivity index (χ3v) is 6.11. The summed E-state index contributed by atoms with van der Waals surface area (Å²) >= 11 is 0.